The van der Waals surface area contributed by atoms with Gasteiger partial charge in [0, 0.05) is 24.3 Å². The summed E-state index contributed by atoms with van der Waals surface area (Å²) in [5, 5.41) is 8.42. The summed E-state index contributed by atoms with van der Waals surface area (Å²) in [7, 11) is 0. The minimum absolute atomic E-state index is 0.0465. The topological polar surface area (TPSA) is 161 Å². The normalized spacial score (nSPS) is 17.1. The number of benzene rings is 1. The fourth-order valence-electron chi connectivity index (χ4n) is 4.41. The zero-order valence-electron chi connectivity index (χ0n) is 19.6. The molecule has 3 rings (SSSR count). The number of unbranched alkanes of at least 4 members (excludes halogenated alkanes) is 7. The van der Waals surface area contributed by atoms with Crippen molar-refractivity contribution >= 4 is 35.2 Å². The van der Waals surface area contributed by atoms with E-state index >= 15 is 0 Å². The summed E-state index contributed by atoms with van der Waals surface area (Å²) in [5.41, 5.74) is 8.69. The van der Waals surface area contributed by atoms with Gasteiger partial charge in [-0.25, -0.2) is 0 Å². The van der Waals surface area contributed by atoms with Crippen LogP contribution in [0.2, 0.25) is 0 Å². The number of nitrogens with one attached hydrogen (secondary N) is 2. The summed E-state index contributed by atoms with van der Waals surface area (Å²) >= 11 is 0. The minimum atomic E-state index is -1.05. The highest BCUT2D eigenvalue weighted by atomic mass is 16.2. The molecule has 0 radical (unpaired) electrons. The van der Waals surface area contributed by atoms with E-state index in [9.17, 15) is 24.0 Å². The van der Waals surface area contributed by atoms with Crippen LogP contribution in [0.1, 0.15) is 91.3 Å². The van der Waals surface area contributed by atoms with Gasteiger partial charge in [0.2, 0.25) is 17.7 Å². The van der Waals surface area contributed by atoms with Crippen LogP contribution in [0, 0.1) is 0 Å². The molecule has 0 spiro atoms. The van der Waals surface area contributed by atoms with Crippen molar-refractivity contribution in [1.82, 2.24) is 10.2 Å². The molecule has 2 aliphatic rings. The number of fused-ring (bicyclic) bond motifs is 1. The van der Waals surface area contributed by atoms with Crippen molar-refractivity contribution in [3.63, 3.8) is 0 Å². The number of rotatable bonds is 13. The van der Waals surface area contributed by atoms with Gasteiger partial charge < -0.3 is 5.32 Å². The second kappa shape index (κ2) is 12.7. The molecule has 0 aromatic heterocycles. The van der Waals surface area contributed by atoms with E-state index in [2.05, 4.69) is 20.7 Å². The summed E-state index contributed by atoms with van der Waals surface area (Å²) in [6, 6.07) is 3.60. The Hall–Kier alpha value is -3.72. The van der Waals surface area contributed by atoms with E-state index in [0.717, 1.165) is 49.8 Å². The number of anilines is 1. The number of piperidine rings is 1. The number of carbonyl (C=O) groups excluding carboxylic acids is 5. The van der Waals surface area contributed by atoms with Gasteiger partial charge in [0.1, 0.15) is 6.04 Å². The third kappa shape index (κ3) is 6.66. The highest BCUT2D eigenvalue weighted by Crippen LogP contribution is 2.32. The third-order valence-corrected chi connectivity index (χ3v) is 6.22. The van der Waals surface area contributed by atoms with Gasteiger partial charge in [0.05, 0.1) is 16.8 Å². The molecule has 11 heteroatoms. The Kier molecular flexibility index (Phi) is 9.37. The molecule has 186 valence electrons. The Balaban J connectivity index is 1.45. The number of amides is 5. The van der Waals surface area contributed by atoms with Gasteiger partial charge in [-0.05, 0) is 36.9 Å². The molecule has 1 fully saturated rings. The van der Waals surface area contributed by atoms with Crippen molar-refractivity contribution in [2.24, 2.45) is 5.11 Å². The van der Waals surface area contributed by atoms with Gasteiger partial charge in [-0.15, -0.1) is 0 Å². The number of nitrogens with zero attached hydrogens (tertiary/aromatic N) is 4. The van der Waals surface area contributed by atoms with Crippen LogP contribution in [-0.4, -0.2) is 47.0 Å². The monoisotopic (exact) mass is 482 g/mol. The predicted molar refractivity (Wildman–Crippen MR) is 127 cm³/mol. The first kappa shape index (κ1) is 25.9. The van der Waals surface area contributed by atoms with E-state index in [0.29, 0.717) is 19.4 Å². The number of imide groups is 2. The Morgan fingerprint density at radius 3 is 2.40 bits per heavy atom. The zero-order valence-corrected chi connectivity index (χ0v) is 19.6. The molecule has 11 nitrogen and oxygen atoms in total. The molecule has 5 amide bonds. The van der Waals surface area contributed by atoms with Crippen molar-refractivity contribution in [1.29, 1.82) is 0 Å². The standard InChI is InChI=1S/C24H30N6O5/c25-29-26-15-8-6-4-2-1-3-5-7-12-19(31)27-17-11-9-10-16-21(17)24(35)30(23(16)34)18-13-14-20(32)28-22(18)33/h9-11,18H,1-8,12-15H2,(H,27,31)(H,28,32,33). The average Bonchev–Trinajstić information content (AvgIpc) is 3.08. The molecule has 0 aliphatic carbocycles. The van der Waals surface area contributed by atoms with E-state index in [1.807, 2.05) is 0 Å². The molecular formula is C24H30N6O5. The maximum absolute atomic E-state index is 13.1. The van der Waals surface area contributed by atoms with Gasteiger partial charge in [-0.3, -0.25) is 34.2 Å². The van der Waals surface area contributed by atoms with Crippen molar-refractivity contribution in [2.75, 3.05) is 11.9 Å². The molecule has 1 unspecified atom stereocenters. The largest absolute Gasteiger partial charge is 0.325 e. The smallest absolute Gasteiger partial charge is 0.264 e. The fraction of sp³-hybridized carbons (Fsp3) is 0.542. The van der Waals surface area contributed by atoms with Crippen LogP contribution in [0.5, 0.6) is 0 Å². The number of hydrogen-bond donors (Lipinski definition) is 2. The lowest BCUT2D eigenvalue weighted by Crippen LogP contribution is -2.54. The Bertz CT molecular complexity index is 1050. The molecule has 1 aromatic carbocycles. The van der Waals surface area contributed by atoms with Crippen LogP contribution >= 0.6 is 0 Å². The second-order valence-corrected chi connectivity index (χ2v) is 8.76. The van der Waals surface area contributed by atoms with Crippen LogP contribution in [0.3, 0.4) is 0 Å². The molecule has 0 saturated carbocycles. The predicted octanol–water partition coefficient (Wildman–Crippen LogP) is 3.85. The van der Waals surface area contributed by atoms with Gasteiger partial charge in [0.15, 0.2) is 0 Å². The fourth-order valence-corrected chi connectivity index (χ4v) is 4.41. The van der Waals surface area contributed by atoms with Crippen molar-refractivity contribution in [3.8, 4) is 0 Å². The van der Waals surface area contributed by atoms with Crippen LogP contribution in [0.25, 0.3) is 10.4 Å². The minimum Gasteiger partial charge on any atom is -0.325 e. The second-order valence-electron chi connectivity index (χ2n) is 8.76. The van der Waals surface area contributed by atoms with Crippen LogP contribution in [-0.2, 0) is 14.4 Å². The van der Waals surface area contributed by atoms with Crippen molar-refractivity contribution in [3.05, 3.63) is 39.8 Å². The number of hydrogen-bond acceptors (Lipinski definition) is 6. The summed E-state index contributed by atoms with van der Waals surface area (Å²) < 4.78 is 0. The van der Waals surface area contributed by atoms with Gasteiger partial charge in [-0.1, -0.05) is 49.7 Å². The highest BCUT2D eigenvalue weighted by molar-refractivity contribution is 6.26. The molecule has 0 bridgehead atoms. The lowest BCUT2D eigenvalue weighted by Gasteiger charge is -2.27. The Labute approximate surface area is 203 Å². The van der Waals surface area contributed by atoms with Gasteiger partial charge in [0.25, 0.3) is 11.8 Å². The molecule has 1 aromatic rings. The Morgan fingerprint density at radius 2 is 1.71 bits per heavy atom. The van der Waals surface area contributed by atoms with E-state index in [4.69, 9.17) is 5.53 Å². The first-order valence-corrected chi connectivity index (χ1v) is 12.1. The zero-order chi connectivity index (χ0) is 25.2. The van der Waals surface area contributed by atoms with E-state index < -0.39 is 29.7 Å². The first-order chi connectivity index (χ1) is 16.9. The highest BCUT2D eigenvalue weighted by Gasteiger charge is 2.45. The maximum atomic E-state index is 13.1. The third-order valence-electron chi connectivity index (χ3n) is 6.22. The molecule has 2 aliphatic heterocycles. The first-order valence-electron chi connectivity index (χ1n) is 12.1. The lowest BCUT2D eigenvalue weighted by molar-refractivity contribution is -0.136. The van der Waals surface area contributed by atoms with E-state index in [-0.39, 0.29) is 35.6 Å². The quantitative estimate of drug-likeness (QED) is 0.143. The molecule has 2 N–H and O–H groups in total. The summed E-state index contributed by atoms with van der Waals surface area (Å²) in [5.74, 6) is -2.59. The van der Waals surface area contributed by atoms with Crippen LogP contribution in [0.4, 0.5) is 5.69 Å². The lowest BCUT2D eigenvalue weighted by atomic mass is 10.0. The average molecular weight is 483 g/mol. The van der Waals surface area contributed by atoms with Gasteiger partial charge >= 0.3 is 0 Å². The molecule has 1 saturated heterocycles. The molecule has 35 heavy (non-hydrogen) atoms. The number of carbonyl (C=O) groups is 5. The van der Waals surface area contributed by atoms with E-state index in [1.165, 1.54) is 6.07 Å². The van der Waals surface area contributed by atoms with Gasteiger partial charge in [-0.2, -0.15) is 0 Å². The molecular weight excluding hydrogens is 452 g/mol. The summed E-state index contributed by atoms with van der Waals surface area (Å²) in [4.78, 5) is 65.7. The number of azide groups is 1. The summed E-state index contributed by atoms with van der Waals surface area (Å²) in [6.45, 7) is 0.547. The SMILES string of the molecule is [N-]=[N+]=NCCCCCCCCCCC(=O)Nc1cccc2c1C(=O)N(C1CCC(=O)NC1=O)C2=O. The summed E-state index contributed by atoms with van der Waals surface area (Å²) in [6.07, 6.45) is 8.33. The van der Waals surface area contributed by atoms with Crippen LogP contribution in [0.15, 0.2) is 23.3 Å². The maximum Gasteiger partial charge on any atom is 0.264 e. The molecule has 1 atom stereocenters. The van der Waals surface area contributed by atoms with Crippen molar-refractivity contribution in [2.45, 2.75) is 76.7 Å². The Morgan fingerprint density at radius 1 is 1.03 bits per heavy atom. The van der Waals surface area contributed by atoms with Crippen LogP contribution < -0.4 is 10.6 Å². The van der Waals surface area contributed by atoms with E-state index in [1.54, 1.807) is 12.1 Å². The molecule has 2 heterocycles. The van der Waals surface area contributed by atoms with Crippen molar-refractivity contribution < 1.29 is 24.0 Å².